The zero-order valence-electron chi connectivity index (χ0n) is 4.94. The number of hydrogen-bond donors (Lipinski definition) is 1. The van der Waals surface area contributed by atoms with Crippen LogP contribution in [0.3, 0.4) is 0 Å². The molecule has 2 N–H and O–H groups in total. The van der Waals surface area contributed by atoms with Gasteiger partial charge in [-0.1, -0.05) is 31.9 Å². The molecule has 0 bridgehead atoms. The minimum Gasteiger partial charge on any atom is -0.330 e. The Morgan fingerprint density at radius 1 is 1.56 bits per heavy atom. The van der Waals surface area contributed by atoms with Crippen LogP contribution in [0.4, 0.5) is 0 Å². The van der Waals surface area contributed by atoms with Gasteiger partial charge >= 0.3 is 0 Å². The topological polar surface area (TPSA) is 26.0 Å². The van der Waals surface area contributed by atoms with Crippen molar-refractivity contribution in [3.8, 4) is 0 Å². The zero-order chi connectivity index (χ0) is 6.20. The molecule has 0 aromatic heterocycles. The molecule has 1 nitrogen and oxygen atoms in total. The van der Waals surface area contributed by atoms with E-state index in [9.17, 15) is 0 Å². The van der Waals surface area contributed by atoms with Crippen molar-refractivity contribution < 1.29 is 0 Å². The molecule has 1 aliphatic carbocycles. The van der Waals surface area contributed by atoms with E-state index >= 15 is 0 Å². The van der Waals surface area contributed by atoms with Crippen molar-refractivity contribution in [1.29, 1.82) is 0 Å². The number of hydrogen-bond acceptors (Lipinski definition) is 1. The summed E-state index contributed by atoms with van der Waals surface area (Å²) in [6.45, 7) is 0.809. The predicted octanol–water partition coefficient (Wildman–Crippen LogP) is 2.26. The van der Waals surface area contributed by atoms with Gasteiger partial charge in [-0.15, -0.1) is 12.4 Å². The normalized spacial score (nSPS) is 29.0. The highest BCUT2D eigenvalue weighted by molar-refractivity contribution is 9.25. The Morgan fingerprint density at radius 2 is 2.00 bits per heavy atom. The molecule has 0 spiro atoms. The van der Waals surface area contributed by atoms with Crippen LogP contribution in [0.1, 0.15) is 12.8 Å². The molecule has 0 aliphatic heterocycles. The second-order valence-corrected chi connectivity index (χ2v) is 6.13. The Hall–Kier alpha value is 1.21. The molecule has 1 rings (SSSR count). The van der Waals surface area contributed by atoms with Gasteiger partial charge in [-0.25, -0.2) is 0 Å². The molecule has 9 heavy (non-hydrogen) atoms. The molecule has 0 heterocycles. The van der Waals surface area contributed by atoms with E-state index < -0.39 is 0 Å². The number of rotatable bonds is 2. The summed E-state index contributed by atoms with van der Waals surface area (Å²) in [5.74, 6) is 0.771. The maximum Gasteiger partial charge on any atom is 0.0838 e. The van der Waals surface area contributed by atoms with Crippen molar-refractivity contribution in [2.75, 3.05) is 6.54 Å². The van der Waals surface area contributed by atoms with Gasteiger partial charge in [0.05, 0.1) is 3.23 Å². The van der Waals surface area contributed by atoms with Crippen LogP contribution in [0.2, 0.25) is 0 Å². The van der Waals surface area contributed by atoms with E-state index in [-0.39, 0.29) is 15.6 Å². The van der Waals surface area contributed by atoms with Crippen LogP contribution in [0.5, 0.6) is 0 Å². The molecule has 0 amide bonds. The fourth-order valence-corrected chi connectivity index (χ4v) is 2.02. The molecular formula is C5H10Br2ClN. The second-order valence-electron chi connectivity index (χ2n) is 2.24. The standard InChI is InChI=1S/C5H9Br2N.ClH/c6-5(7)3-4(5)1-2-8;/h4H,1-3,8H2;1H. The summed E-state index contributed by atoms with van der Waals surface area (Å²) in [5, 5.41) is 0. The van der Waals surface area contributed by atoms with Gasteiger partial charge in [-0.05, 0) is 25.3 Å². The summed E-state index contributed by atoms with van der Waals surface area (Å²) >= 11 is 7.03. The minimum atomic E-state index is 0. The maximum atomic E-state index is 5.35. The Balaban J connectivity index is 0.000000640. The molecule has 1 unspecified atom stereocenters. The Kier molecular flexibility index (Phi) is 4.04. The van der Waals surface area contributed by atoms with Crippen LogP contribution in [-0.2, 0) is 0 Å². The summed E-state index contributed by atoms with van der Waals surface area (Å²) in [6, 6.07) is 0. The van der Waals surface area contributed by atoms with Crippen molar-refractivity contribution in [1.82, 2.24) is 0 Å². The van der Waals surface area contributed by atoms with Crippen molar-refractivity contribution >= 4 is 44.3 Å². The van der Waals surface area contributed by atoms with Gasteiger partial charge in [-0.3, -0.25) is 0 Å². The highest BCUT2D eigenvalue weighted by Crippen LogP contribution is 2.57. The van der Waals surface area contributed by atoms with Crippen LogP contribution in [-0.4, -0.2) is 9.78 Å². The Bertz CT molecular complexity index is 97.0. The molecule has 1 atom stereocenters. The SMILES string of the molecule is Cl.NCCC1CC1(Br)Br. The molecule has 0 aromatic rings. The van der Waals surface area contributed by atoms with Gasteiger partial charge in [0, 0.05) is 0 Å². The first kappa shape index (κ1) is 10.2. The van der Waals surface area contributed by atoms with Gasteiger partial charge in [0.25, 0.3) is 0 Å². The summed E-state index contributed by atoms with van der Waals surface area (Å²) in [6.07, 6.45) is 2.36. The highest BCUT2D eigenvalue weighted by atomic mass is 79.9. The molecule has 1 fully saturated rings. The molecular weight excluding hydrogens is 269 g/mol. The lowest BCUT2D eigenvalue weighted by atomic mass is 10.3. The smallest absolute Gasteiger partial charge is 0.0838 e. The van der Waals surface area contributed by atoms with Crippen molar-refractivity contribution in [3.05, 3.63) is 0 Å². The minimum absolute atomic E-state index is 0. The van der Waals surface area contributed by atoms with E-state index in [0.29, 0.717) is 0 Å². The van der Waals surface area contributed by atoms with E-state index in [1.807, 2.05) is 0 Å². The van der Waals surface area contributed by atoms with E-state index in [2.05, 4.69) is 31.9 Å². The Labute approximate surface area is 78.4 Å². The fourth-order valence-electron chi connectivity index (χ4n) is 0.784. The van der Waals surface area contributed by atoms with Crippen molar-refractivity contribution in [2.45, 2.75) is 16.1 Å². The highest BCUT2D eigenvalue weighted by Gasteiger charge is 2.49. The molecule has 4 heteroatoms. The van der Waals surface area contributed by atoms with E-state index in [4.69, 9.17) is 5.73 Å². The molecule has 56 valence electrons. The molecule has 0 saturated heterocycles. The molecule has 1 saturated carbocycles. The average Bonchev–Trinajstić information content (AvgIpc) is 2.15. The van der Waals surface area contributed by atoms with Gasteiger partial charge in [-0.2, -0.15) is 0 Å². The first-order chi connectivity index (χ1) is 3.67. The first-order valence-corrected chi connectivity index (χ1v) is 4.33. The largest absolute Gasteiger partial charge is 0.330 e. The van der Waals surface area contributed by atoms with Crippen LogP contribution >= 0.6 is 44.3 Å². The summed E-state index contributed by atoms with van der Waals surface area (Å²) in [7, 11) is 0. The number of halogens is 3. The van der Waals surface area contributed by atoms with Gasteiger partial charge in [0.15, 0.2) is 0 Å². The maximum absolute atomic E-state index is 5.35. The lowest BCUT2D eigenvalue weighted by Gasteiger charge is -1.94. The summed E-state index contributed by atoms with van der Waals surface area (Å²) in [5.41, 5.74) is 5.35. The zero-order valence-corrected chi connectivity index (χ0v) is 8.93. The summed E-state index contributed by atoms with van der Waals surface area (Å²) < 4.78 is 0.263. The van der Waals surface area contributed by atoms with Gasteiger partial charge in [0.2, 0.25) is 0 Å². The molecule has 1 aliphatic rings. The van der Waals surface area contributed by atoms with Crippen LogP contribution in [0, 0.1) is 5.92 Å². The molecule has 0 aromatic carbocycles. The summed E-state index contributed by atoms with van der Waals surface area (Å²) in [4.78, 5) is 0. The quantitative estimate of drug-likeness (QED) is 0.771. The van der Waals surface area contributed by atoms with Crippen molar-refractivity contribution in [2.24, 2.45) is 11.7 Å². The van der Waals surface area contributed by atoms with Crippen LogP contribution in [0.15, 0.2) is 0 Å². The average molecular weight is 279 g/mol. The van der Waals surface area contributed by atoms with E-state index in [1.54, 1.807) is 0 Å². The first-order valence-electron chi connectivity index (χ1n) is 2.74. The van der Waals surface area contributed by atoms with Gasteiger partial charge < -0.3 is 5.73 Å². The third-order valence-corrected chi connectivity index (χ3v) is 3.41. The lowest BCUT2D eigenvalue weighted by Crippen LogP contribution is -2.01. The van der Waals surface area contributed by atoms with Crippen LogP contribution in [0.25, 0.3) is 0 Å². The monoisotopic (exact) mass is 277 g/mol. The van der Waals surface area contributed by atoms with Crippen LogP contribution < -0.4 is 5.73 Å². The number of nitrogens with two attached hydrogens (primary N) is 1. The predicted molar refractivity (Wildman–Crippen MR) is 49.6 cm³/mol. The van der Waals surface area contributed by atoms with Crippen molar-refractivity contribution in [3.63, 3.8) is 0 Å². The fraction of sp³-hybridized carbons (Fsp3) is 1.00. The molecule has 0 radical (unpaired) electrons. The number of alkyl halides is 2. The van der Waals surface area contributed by atoms with Gasteiger partial charge in [0.1, 0.15) is 0 Å². The third-order valence-electron chi connectivity index (χ3n) is 1.47. The Morgan fingerprint density at radius 3 is 2.11 bits per heavy atom. The third kappa shape index (κ3) is 2.74. The van der Waals surface area contributed by atoms with E-state index in [0.717, 1.165) is 18.9 Å². The second kappa shape index (κ2) is 3.56. The van der Waals surface area contributed by atoms with E-state index in [1.165, 1.54) is 6.42 Å². The lowest BCUT2D eigenvalue weighted by molar-refractivity contribution is 0.738.